The van der Waals surface area contributed by atoms with Gasteiger partial charge in [0.05, 0.1) is 10.9 Å². The van der Waals surface area contributed by atoms with E-state index in [0.29, 0.717) is 6.42 Å². The van der Waals surface area contributed by atoms with Gasteiger partial charge in [-0.25, -0.2) is 18.1 Å². The molecule has 0 aliphatic carbocycles. The smallest absolute Gasteiger partial charge is 0.417 e. The quantitative estimate of drug-likeness (QED) is 0.803. The maximum absolute atomic E-state index is 13.0. The lowest BCUT2D eigenvalue weighted by Crippen LogP contribution is -2.42. The Bertz CT molecular complexity index is 974. The zero-order valence-corrected chi connectivity index (χ0v) is 15.3. The Labute approximate surface area is 157 Å². The minimum atomic E-state index is -3.72. The monoisotopic (exact) mass is 386 g/mol. The number of hydrogen-bond donors (Lipinski definition) is 0. The topological polar surface area (TPSA) is 84.0 Å². The molecule has 0 aromatic heterocycles. The molecule has 7 nitrogen and oxygen atoms in total. The van der Waals surface area contributed by atoms with Crippen LogP contribution in [0.1, 0.15) is 6.42 Å². The SMILES string of the molecule is O=C1COC(=O)N1C1CCN(S(=O)(=O)c2cccc(-c3ccccc3)c2)C1. The fourth-order valence-corrected chi connectivity index (χ4v) is 5.01. The van der Waals surface area contributed by atoms with Crippen molar-refractivity contribution in [2.24, 2.45) is 0 Å². The van der Waals surface area contributed by atoms with Crippen molar-refractivity contribution in [3.8, 4) is 11.1 Å². The van der Waals surface area contributed by atoms with E-state index >= 15 is 0 Å². The molecule has 1 unspecified atom stereocenters. The molecule has 2 aromatic carbocycles. The predicted octanol–water partition coefficient (Wildman–Crippen LogP) is 2.10. The van der Waals surface area contributed by atoms with Crippen molar-refractivity contribution >= 4 is 22.0 Å². The van der Waals surface area contributed by atoms with Crippen molar-refractivity contribution in [1.82, 2.24) is 9.21 Å². The molecule has 0 spiro atoms. The van der Waals surface area contributed by atoms with Gasteiger partial charge in [0.15, 0.2) is 6.61 Å². The van der Waals surface area contributed by atoms with Gasteiger partial charge in [0.1, 0.15) is 0 Å². The van der Waals surface area contributed by atoms with Crippen molar-refractivity contribution in [3.05, 3.63) is 54.6 Å². The summed E-state index contributed by atoms with van der Waals surface area (Å²) in [7, 11) is -3.72. The zero-order valence-electron chi connectivity index (χ0n) is 14.4. The summed E-state index contributed by atoms with van der Waals surface area (Å²) in [5.41, 5.74) is 1.74. The van der Waals surface area contributed by atoms with Crippen LogP contribution in [0.5, 0.6) is 0 Å². The van der Waals surface area contributed by atoms with Crippen LogP contribution in [0.25, 0.3) is 11.1 Å². The highest BCUT2D eigenvalue weighted by Crippen LogP contribution is 2.28. The Balaban J connectivity index is 1.58. The van der Waals surface area contributed by atoms with Gasteiger partial charge in [0, 0.05) is 13.1 Å². The number of sulfonamides is 1. The van der Waals surface area contributed by atoms with Crippen molar-refractivity contribution in [1.29, 1.82) is 0 Å². The molecule has 2 fully saturated rings. The van der Waals surface area contributed by atoms with E-state index in [2.05, 4.69) is 0 Å². The van der Waals surface area contributed by atoms with Crippen molar-refractivity contribution in [2.75, 3.05) is 19.7 Å². The molecule has 27 heavy (non-hydrogen) atoms. The summed E-state index contributed by atoms with van der Waals surface area (Å²) in [5.74, 6) is -0.421. The first kappa shape index (κ1) is 17.7. The number of carbonyl (C=O) groups is 2. The highest BCUT2D eigenvalue weighted by molar-refractivity contribution is 7.89. The number of amides is 2. The van der Waals surface area contributed by atoms with Crippen LogP contribution in [0.3, 0.4) is 0 Å². The van der Waals surface area contributed by atoms with Gasteiger partial charge in [0.25, 0.3) is 5.91 Å². The minimum absolute atomic E-state index is 0.0821. The fraction of sp³-hybridized carbons (Fsp3) is 0.263. The third kappa shape index (κ3) is 3.22. The second-order valence-corrected chi connectivity index (χ2v) is 8.46. The molecule has 4 rings (SSSR count). The minimum Gasteiger partial charge on any atom is -0.439 e. The fourth-order valence-electron chi connectivity index (χ4n) is 3.47. The molecular formula is C19H18N2O5S. The normalized spacial score (nSPS) is 20.9. The highest BCUT2D eigenvalue weighted by Gasteiger charge is 2.43. The third-order valence-corrected chi connectivity index (χ3v) is 6.72. The molecule has 0 bridgehead atoms. The van der Waals surface area contributed by atoms with Gasteiger partial charge in [-0.3, -0.25) is 4.79 Å². The Morgan fingerprint density at radius 3 is 2.41 bits per heavy atom. The molecule has 2 saturated heterocycles. The van der Waals surface area contributed by atoms with E-state index < -0.39 is 28.1 Å². The molecule has 2 aliphatic heterocycles. The van der Waals surface area contributed by atoms with Gasteiger partial charge in [0.2, 0.25) is 10.0 Å². The number of cyclic esters (lactones) is 1. The van der Waals surface area contributed by atoms with E-state index in [0.717, 1.165) is 16.0 Å². The first-order chi connectivity index (χ1) is 13.0. The lowest BCUT2D eigenvalue weighted by atomic mass is 10.1. The van der Waals surface area contributed by atoms with Gasteiger partial charge in [-0.05, 0) is 29.7 Å². The summed E-state index contributed by atoms with van der Waals surface area (Å²) < 4.78 is 32.1. The molecule has 0 saturated carbocycles. The van der Waals surface area contributed by atoms with Crippen LogP contribution in [0.15, 0.2) is 59.5 Å². The van der Waals surface area contributed by atoms with Crippen LogP contribution < -0.4 is 0 Å². The number of benzene rings is 2. The number of carbonyl (C=O) groups excluding carboxylic acids is 2. The summed E-state index contributed by atoms with van der Waals surface area (Å²) in [4.78, 5) is 24.8. The Morgan fingerprint density at radius 1 is 0.963 bits per heavy atom. The van der Waals surface area contributed by atoms with Crippen LogP contribution in [-0.4, -0.2) is 55.4 Å². The second kappa shape index (κ2) is 6.79. The number of nitrogens with zero attached hydrogens (tertiary/aromatic N) is 2. The van der Waals surface area contributed by atoms with E-state index in [1.807, 2.05) is 36.4 Å². The van der Waals surface area contributed by atoms with Crippen molar-refractivity contribution in [2.45, 2.75) is 17.4 Å². The average molecular weight is 386 g/mol. The number of ether oxygens (including phenoxy) is 1. The largest absolute Gasteiger partial charge is 0.439 e. The van der Waals surface area contributed by atoms with Crippen LogP contribution >= 0.6 is 0 Å². The molecule has 2 amide bonds. The molecule has 0 N–H and O–H groups in total. The van der Waals surface area contributed by atoms with E-state index in [9.17, 15) is 18.0 Å². The number of hydrogen-bond acceptors (Lipinski definition) is 5. The summed E-state index contributed by atoms with van der Waals surface area (Å²) >= 11 is 0. The van der Waals surface area contributed by atoms with E-state index in [1.54, 1.807) is 18.2 Å². The Hall–Kier alpha value is -2.71. The zero-order chi connectivity index (χ0) is 19.0. The van der Waals surface area contributed by atoms with Crippen LogP contribution in [0, 0.1) is 0 Å². The van der Waals surface area contributed by atoms with Gasteiger partial charge < -0.3 is 4.74 Å². The second-order valence-electron chi connectivity index (χ2n) is 6.52. The summed E-state index contributed by atoms with van der Waals surface area (Å²) in [6.45, 7) is 0.0551. The van der Waals surface area contributed by atoms with E-state index in [-0.39, 0.29) is 24.6 Å². The summed E-state index contributed by atoms with van der Waals surface area (Å²) in [5, 5.41) is 0. The molecule has 8 heteroatoms. The third-order valence-electron chi connectivity index (χ3n) is 4.85. The molecule has 2 aliphatic rings. The average Bonchev–Trinajstić information content (AvgIpc) is 3.29. The van der Waals surface area contributed by atoms with Gasteiger partial charge >= 0.3 is 6.09 Å². The first-order valence-corrected chi connectivity index (χ1v) is 10.1. The maximum atomic E-state index is 13.0. The molecule has 0 radical (unpaired) electrons. The summed E-state index contributed by atoms with van der Waals surface area (Å²) in [6.07, 6.45) is -0.298. The van der Waals surface area contributed by atoms with Gasteiger partial charge in [-0.1, -0.05) is 42.5 Å². The van der Waals surface area contributed by atoms with Crippen molar-refractivity contribution < 1.29 is 22.7 Å². The Kier molecular flexibility index (Phi) is 4.45. The first-order valence-electron chi connectivity index (χ1n) is 8.61. The molecule has 2 heterocycles. The molecular weight excluding hydrogens is 368 g/mol. The van der Waals surface area contributed by atoms with Crippen molar-refractivity contribution in [3.63, 3.8) is 0 Å². The predicted molar refractivity (Wildman–Crippen MR) is 97.2 cm³/mol. The number of imide groups is 1. The lowest BCUT2D eigenvalue weighted by molar-refractivity contribution is -0.127. The van der Waals surface area contributed by atoms with Gasteiger partial charge in [-0.15, -0.1) is 0 Å². The van der Waals surface area contributed by atoms with Crippen LogP contribution in [-0.2, 0) is 19.6 Å². The Morgan fingerprint density at radius 2 is 1.70 bits per heavy atom. The van der Waals surface area contributed by atoms with E-state index in [4.69, 9.17) is 4.74 Å². The lowest BCUT2D eigenvalue weighted by Gasteiger charge is -2.20. The number of rotatable bonds is 4. The molecule has 2 aromatic rings. The molecule has 140 valence electrons. The standard InChI is InChI=1S/C19H18N2O5S/c22-18-13-26-19(23)21(18)16-9-10-20(12-16)27(24,25)17-8-4-7-15(11-17)14-5-2-1-3-6-14/h1-8,11,16H,9-10,12-13H2. The summed E-state index contributed by atoms with van der Waals surface area (Å²) in [6, 6.07) is 15.8. The van der Waals surface area contributed by atoms with E-state index in [1.165, 1.54) is 4.31 Å². The maximum Gasteiger partial charge on any atom is 0.417 e. The highest BCUT2D eigenvalue weighted by atomic mass is 32.2. The molecule has 1 atom stereocenters. The van der Waals surface area contributed by atoms with Gasteiger partial charge in [-0.2, -0.15) is 4.31 Å². The van der Waals surface area contributed by atoms with Crippen LogP contribution in [0.2, 0.25) is 0 Å². The van der Waals surface area contributed by atoms with Crippen LogP contribution in [0.4, 0.5) is 4.79 Å².